The lowest BCUT2D eigenvalue weighted by molar-refractivity contribution is -0.127. The highest BCUT2D eigenvalue weighted by molar-refractivity contribution is 6.44. The Balaban J connectivity index is 1.87. The summed E-state index contributed by atoms with van der Waals surface area (Å²) in [5, 5.41) is 0.780. The van der Waals surface area contributed by atoms with Gasteiger partial charge in [-0.05, 0) is 30.4 Å². The van der Waals surface area contributed by atoms with Gasteiger partial charge in [-0.15, -0.1) is 0 Å². The van der Waals surface area contributed by atoms with Crippen molar-refractivity contribution in [1.82, 2.24) is 9.88 Å². The molecule has 0 fully saturated rings. The van der Waals surface area contributed by atoms with E-state index in [1.54, 1.807) is 18.1 Å². The summed E-state index contributed by atoms with van der Waals surface area (Å²) in [7, 11) is 1.73. The van der Waals surface area contributed by atoms with Gasteiger partial charge in [-0.2, -0.15) is 0 Å². The first-order valence-corrected chi connectivity index (χ1v) is 9.41. The van der Waals surface area contributed by atoms with Gasteiger partial charge in [-0.25, -0.2) is 0 Å². The van der Waals surface area contributed by atoms with E-state index in [4.69, 9.17) is 0 Å². The zero-order valence-electron chi connectivity index (χ0n) is 16.1. The van der Waals surface area contributed by atoms with Gasteiger partial charge >= 0.3 is 0 Å². The fraction of sp³-hybridized carbons (Fsp3) is 0.304. The first-order valence-electron chi connectivity index (χ1n) is 9.41. The summed E-state index contributed by atoms with van der Waals surface area (Å²) in [6.45, 7) is 4.34. The fourth-order valence-corrected chi connectivity index (χ4v) is 3.43. The van der Waals surface area contributed by atoms with Crippen molar-refractivity contribution in [2.75, 3.05) is 7.05 Å². The molecule has 0 bridgehead atoms. The lowest BCUT2D eigenvalue weighted by Crippen LogP contribution is -2.36. The topological polar surface area (TPSA) is 53.2 Å². The molecule has 0 aliphatic heterocycles. The number of fused-ring (bicyclic) bond motifs is 1. The van der Waals surface area contributed by atoms with Gasteiger partial charge in [0.05, 0.1) is 11.6 Å². The smallest absolute Gasteiger partial charge is 0.295 e. The van der Waals surface area contributed by atoms with Crippen molar-refractivity contribution in [3.05, 3.63) is 71.9 Å². The van der Waals surface area contributed by atoms with Crippen LogP contribution in [-0.2, 0) is 4.79 Å². The van der Waals surface area contributed by atoms with E-state index >= 15 is 0 Å². The molecule has 140 valence electrons. The van der Waals surface area contributed by atoms with Crippen molar-refractivity contribution < 1.29 is 9.59 Å². The minimum Gasteiger partial charge on any atom is -0.360 e. The first-order chi connectivity index (χ1) is 13.0. The molecular formula is C23H26N2O2. The molecular weight excluding hydrogens is 336 g/mol. The van der Waals surface area contributed by atoms with Crippen LogP contribution in [0.15, 0.2) is 60.8 Å². The van der Waals surface area contributed by atoms with Gasteiger partial charge in [0.15, 0.2) is 0 Å². The van der Waals surface area contributed by atoms with Crippen LogP contribution in [0.1, 0.15) is 48.7 Å². The molecule has 4 nitrogen and oxygen atoms in total. The Kier molecular flexibility index (Phi) is 5.75. The number of nitrogens with zero attached hydrogens (tertiary/aromatic N) is 1. The minimum atomic E-state index is -0.475. The third-order valence-corrected chi connectivity index (χ3v) is 5.02. The number of carbonyl (C=O) groups is 2. The summed E-state index contributed by atoms with van der Waals surface area (Å²) in [4.78, 5) is 30.6. The van der Waals surface area contributed by atoms with E-state index in [1.165, 1.54) is 0 Å². The van der Waals surface area contributed by atoms with Gasteiger partial charge in [0.2, 0.25) is 0 Å². The number of likely N-dealkylation sites (N-methyl/N-ethyl adjacent to an activating group) is 1. The molecule has 2 aromatic carbocycles. The highest BCUT2D eigenvalue weighted by Gasteiger charge is 2.28. The molecule has 1 aromatic heterocycles. The van der Waals surface area contributed by atoms with Crippen LogP contribution in [0.5, 0.6) is 0 Å². The molecule has 0 saturated heterocycles. The number of hydrogen-bond donors (Lipinski definition) is 1. The van der Waals surface area contributed by atoms with Gasteiger partial charge in [0, 0.05) is 24.1 Å². The normalized spacial score (nSPS) is 12.3. The monoisotopic (exact) mass is 362 g/mol. The van der Waals surface area contributed by atoms with Crippen LogP contribution < -0.4 is 0 Å². The van der Waals surface area contributed by atoms with Crippen LogP contribution in [-0.4, -0.2) is 28.6 Å². The van der Waals surface area contributed by atoms with E-state index < -0.39 is 11.7 Å². The van der Waals surface area contributed by atoms with E-state index in [1.807, 2.05) is 54.6 Å². The molecule has 0 saturated carbocycles. The maximum atomic E-state index is 13.0. The van der Waals surface area contributed by atoms with Crippen molar-refractivity contribution in [2.45, 2.75) is 32.7 Å². The zero-order chi connectivity index (χ0) is 19.4. The predicted octanol–water partition coefficient (Wildman–Crippen LogP) is 4.99. The first kappa shape index (κ1) is 18.9. The SMILES string of the molecule is CC(C)CCC(c1ccccc1)N(C)C(=O)C(=O)c1c[nH]c2ccccc12. The average molecular weight is 362 g/mol. The molecule has 0 aliphatic carbocycles. The largest absolute Gasteiger partial charge is 0.360 e. The number of H-pyrrole nitrogens is 1. The van der Waals surface area contributed by atoms with Gasteiger partial charge in [-0.1, -0.05) is 62.4 Å². The van der Waals surface area contributed by atoms with Crippen molar-refractivity contribution >= 4 is 22.6 Å². The molecule has 4 heteroatoms. The minimum absolute atomic E-state index is 0.116. The van der Waals surface area contributed by atoms with Crippen LogP contribution in [0.2, 0.25) is 0 Å². The number of benzene rings is 2. The summed E-state index contributed by atoms with van der Waals surface area (Å²) in [6, 6.07) is 17.4. The number of amides is 1. The second-order valence-electron chi connectivity index (χ2n) is 7.39. The van der Waals surface area contributed by atoms with Gasteiger partial charge in [0.1, 0.15) is 0 Å². The molecule has 1 heterocycles. The van der Waals surface area contributed by atoms with Gasteiger partial charge < -0.3 is 9.88 Å². The maximum absolute atomic E-state index is 13.0. The molecule has 0 radical (unpaired) electrons. The number of hydrogen-bond acceptors (Lipinski definition) is 2. The number of ketones is 1. The quantitative estimate of drug-likeness (QED) is 0.476. The van der Waals surface area contributed by atoms with E-state index in [2.05, 4.69) is 18.8 Å². The van der Waals surface area contributed by atoms with E-state index in [9.17, 15) is 9.59 Å². The Morgan fingerprint density at radius 3 is 2.33 bits per heavy atom. The lowest BCUT2D eigenvalue weighted by Gasteiger charge is -2.29. The Labute approximate surface area is 160 Å². The molecule has 1 N–H and O–H groups in total. The fourth-order valence-electron chi connectivity index (χ4n) is 3.43. The number of aromatic nitrogens is 1. The summed E-state index contributed by atoms with van der Waals surface area (Å²) in [5.41, 5.74) is 2.34. The van der Waals surface area contributed by atoms with Crippen LogP contribution in [0.25, 0.3) is 10.9 Å². The molecule has 1 unspecified atom stereocenters. The van der Waals surface area contributed by atoms with E-state index in [-0.39, 0.29) is 6.04 Å². The Morgan fingerprint density at radius 2 is 1.63 bits per heavy atom. The van der Waals surface area contributed by atoms with Crippen LogP contribution in [0, 0.1) is 5.92 Å². The van der Waals surface area contributed by atoms with Gasteiger partial charge in [0.25, 0.3) is 11.7 Å². The highest BCUT2D eigenvalue weighted by Crippen LogP contribution is 2.28. The summed E-state index contributed by atoms with van der Waals surface area (Å²) >= 11 is 0. The third kappa shape index (κ3) is 4.11. The van der Waals surface area contributed by atoms with Crippen molar-refractivity contribution in [2.24, 2.45) is 5.92 Å². The number of nitrogens with one attached hydrogen (secondary N) is 1. The molecule has 1 atom stereocenters. The Bertz CT molecular complexity index is 928. The van der Waals surface area contributed by atoms with Crippen molar-refractivity contribution in [3.8, 4) is 0 Å². The molecule has 3 rings (SSSR count). The summed E-state index contributed by atoms with van der Waals surface area (Å²) in [5.74, 6) is -0.415. The van der Waals surface area contributed by atoms with E-state index in [0.29, 0.717) is 11.5 Å². The van der Waals surface area contributed by atoms with Gasteiger partial charge in [-0.3, -0.25) is 9.59 Å². The number of Topliss-reactive ketones (excluding diaryl/α,β-unsaturated/α-hetero) is 1. The summed E-state index contributed by atoms with van der Waals surface area (Å²) in [6.07, 6.45) is 3.44. The molecule has 0 aliphatic rings. The van der Waals surface area contributed by atoms with Crippen LogP contribution in [0.3, 0.4) is 0 Å². The highest BCUT2D eigenvalue weighted by atomic mass is 16.2. The van der Waals surface area contributed by atoms with Crippen molar-refractivity contribution in [1.29, 1.82) is 0 Å². The molecule has 27 heavy (non-hydrogen) atoms. The second-order valence-corrected chi connectivity index (χ2v) is 7.39. The number of para-hydroxylation sites is 1. The summed E-state index contributed by atoms with van der Waals surface area (Å²) < 4.78 is 0. The Hall–Kier alpha value is -2.88. The molecule has 3 aromatic rings. The second kappa shape index (κ2) is 8.21. The van der Waals surface area contributed by atoms with Crippen LogP contribution >= 0.6 is 0 Å². The maximum Gasteiger partial charge on any atom is 0.295 e. The zero-order valence-corrected chi connectivity index (χ0v) is 16.1. The van der Waals surface area contributed by atoms with Crippen molar-refractivity contribution in [3.63, 3.8) is 0 Å². The lowest BCUT2D eigenvalue weighted by atomic mass is 9.96. The standard InChI is InChI=1S/C23H26N2O2/c1-16(2)13-14-21(17-9-5-4-6-10-17)25(3)23(27)22(26)19-15-24-20-12-8-7-11-18(19)20/h4-12,15-16,21,24H,13-14H2,1-3H3. The average Bonchev–Trinajstić information content (AvgIpc) is 3.11. The third-order valence-electron chi connectivity index (χ3n) is 5.02. The number of rotatable bonds is 7. The molecule has 0 spiro atoms. The van der Waals surface area contributed by atoms with Crippen LogP contribution in [0.4, 0.5) is 0 Å². The Morgan fingerprint density at radius 1 is 0.963 bits per heavy atom. The molecule has 1 amide bonds. The number of carbonyl (C=O) groups excluding carboxylic acids is 2. The van der Waals surface area contributed by atoms with E-state index in [0.717, 1.165) is 29.3 Å². The number of aromatic amines is 1. The predicted molar refractivity (Wildman–Crippen MR) is 109 cm³/mol.